The Kier molecular flexibility index (Phi) is 14.6. The number of alkyl halides is 3. The van der Waals surface area contributed by atoms with Gasteiger partial charge in [0.25, 0.3) is 0 Å². The smallest absolute Gasteiger partial charge is 0.402 e. The van der Waals surface area contributed by atoms with E-state index in [0.29, 0.717) is 0 Å². The zero-order chi connectivity index (χ0) is 8.08. The van der Waals surface area contributed by atoms with Crippen molar-refractivity contribution in [2.24, 2.45) is 0 Å². The van der Waals surface area contributed by atoms with Gasteiger partial charge in [-0.1, -0.05) is 0 Å². The molecule has 10 heavy (non-hydrogen) atoms. The first-order valence-corrected chi connectivity index (χ1v) is 3.40. The topological polar surface area (TPSA) is 60.7 Å². The van der Waals surface area contributed by atoms with Gasteiger partial charge >= 0.3 is 69.7 Å². The minimum Gasteiger partial charge on any atom is -0.402 e. The van der Waals surface area contributed by atoms with Crippen molar-refractivity contribution in [3.63, 3.8) is 0 Å². The van der Waals surface area contributed by atoms with Gasteiger partial charge in [-0.05, 0) is 0 Å². The van der Waals surface area contributed by atoms with E-state index < -0.39 is 56.5 Å². The van der Waals surface area contributed by atoms with E-state index in [0.717, 1.165) is 0 Å². The van der Waals surface area contributed by atoms with Gasteiger partial charge in [0.05, 0.1) is 0 Å². The molecule has 0 aliphatic rings. The van der Waals surface area contributed by atoms with E-state index in [1.54, 1.807) is 0 Å². The molecule has 0 amide bonds. The first-order chi connectivity index (χ1) is 3.73. The molecule has 9 heteroatoms. The van der Waals surface area contributed by atoms with E-state index in [-0.39, 0.29) is 4.70 Å². The fourth-order valence-electron chi connectivity index (χ4n) is 0. The first-order valence-electron chi connectivity index (χ1n) is 1.84. The molecule has 0 fully saturated rings. The predicted octanol–water partition coefficient (Wildman–Crippen LogP) is -1.22. The van der Waals surface area contributed by atoms with Crippen LogP contribution < -0.4 is 0 Å². The summed E-state index contributed by atoms with van der Waals surface area (Å²) in [7, 11) is -2.17. The summed E-state index contributed by atoms with van der Waals surface area (Å²) in [6, 6.07) is 0. The summed E-state index contributed by atoms with van der Waals surface area (Å²) in [5, 5.41) is 21.5. The van der Waals surface area contributed by atoms with Gasteiger partial charge in [0, 0.05) is 0 Å². The van der Waals surface area contributed by atoms with Crippen molar-refractivity contribution in [1.29, 1.82) is 0 Å². The maximum absolute atomic E-state index is 10.4. The van der Waals surface area contributed by atoms with Crippen LogP contribution in [0.15, 0.2) is 0 Å². The van der Waals surface area contributed by atoms with E-state index in [4.69, 9.17) is 15.1 Å². The maximum Gasteiger partial charge on any atom is 0.631 e. The SMILES string of the molecule is F.F[C](F)(F)[K].OB(O)O. The second-order valence-corrected chi connectivity index (χ2v) is 2.90. The zero-order valence-corrected chi connectivity index (χ0v) is 8.08. The van der Waals surface area contributed by atoms with Crippen LogP contribution in [0.4, 0.5) is 17.9 Å². The van der Waals surface area contributed by atoms with Crippen LogP contribution in [0.5, 0.6) is 0 Å². The summed E-state index contributed by atoms with van der Waals surface area (Å²) in [5.41, 5.74) is 0. The largest absolute Gasteiger partial charge is 0.631 e. The molecule has 3 nitrogen and oxygen atoms in total. The van der Waals surface area contributed by atoms with Crippen LogP contribution in [-0.2, 0) is 0 Å². The summed E-state index contributed by atoms with van der Waals surface area (Å²) in [6.45, 7) is 0. The van der Waals surface area contributed by atoms with Gasteiger partial charge < -0.3 is 15.1 Å². The van der Waals surface area contributed by atoms with E-state index in [9.17, 15) is 13.2 Å². The Bertz CT molecular complexity index is 57.3. The third-order valence-electron chi connectivity index (χ3n) is 0. The second kappa shape index (κ2) is 8.40. The average Bonchev–Trinajstić information content (AvgIpc) is 1.19. The van der Waals surface area contributed by atoms with Gasteiger partial charge in [0.1, 0.15) is 0 Å². The Morgan fingerprint density at radius 1 is 1.10 bits per heavy atom. The molecule has 0 aromatic heterocycles. The third-order valence-corrected chi connectivity index (χ3v) is 0. The molecule has 0 aromatic carbocycles. The van der Waals surface area contributed by atoms with Gasteiger partial charge in [0.15, 0.2) is 0 Å². The van der Waals surface area contributed by atoms with E-state index in [1.165, 1.54) is 0 Å². The fourth-order valence-corrected chi connectivity index (χ4v) is 0. The van der Waals surface area contributed by atoms with Crippen molar-refractivity contribution < 1.29 is 32.9 Å². The molecule has 0 heterocycles. The van der Waals surface area contributed by atoms with E-state index >= 15 is 0 Å². The Balaban J connectivity index is -0.0000000910. The normalized spacial score (nSPS) is 8.80. The maximum atomic E-state index is 10.4. The van der Waals surface area contributed by atoms with Crippen LogP contribution in [0.1, 0.15) is 0 Å². The summed E-state index contributed by atoms with van der Waals surface area (Å²) in [6.07, 6.45) is 0. The molecule has 0 atom stereocenters. The van der Waals surface area contributed by atoms with Crippen LogP contribution >= 0.6 is 0 Å². The fraction of sp³-hybridized carbons (Fsp3) is 1.00. The molecular weight excluding hydrogens is 186 g/mol. The second-order valence-electron chi connectivity index (χ2n) is 1.13. The Labute approximate surface area is 88.4 Å². The Morgan fingerprint density at radius 2 is 1.10 bits per heavy atom. The number of hydrogen-bond donors (Lipinski definition) is 3. The molecule has 0 aliphatic carbocycles. The number of hydrogen-bond acceptors (Lipinski definition) is 3. The van der Waals surface area contributed by atoms with Crippen LogP contribution in [0.3, 0.4) is 0 Å². The van der Waals surface area contributed by atoms with E-state index in [2.05, 4.69) is 0 Å². The van der Waals surface area contributed by atoms with Gasteiger partial charge in [-0.3, -0.25) is 4.70 Å². The Morgan fingerprint density at radius 3 is 1.10 bits per heavy atom. The third kappa shape index (κ3) is 379. The van der Waals surface area contributed by atoms with Crippen molar-refractivity contribution in [3.05, 3.63) is 0 Å². The molecular formula is CH4BF4KO3. The molecule has 0 aromatic rings. The van der Waals surface area contributed by atoms with Crippen molar-refractivity contribution in [3.8, 4) is 0 Å². The van der Waals surface area contributed by atoms with Crippen LogP contribution in [0.2, 0.25) is 0 Å². The standard InChI is InChI=1S/CF3.BH3O3.FH.K/c2*2-1(3)4;;/h;2-4H;1H;. The average molecular weight is 190 g/mol. The van der Waals surface area contributed by atoms with Crippen LogP contribution in [0.25, 0.3) is 0 Å². The quantitative estimate of drug-likeness (QED) is 0.331. The molecule has 0 saturated carbocycles. The summed E-state index contributed by atoms with van der Waals surface area (Å²) < 4.78 is 27.5. The number of rotatable bonds is 0. The molecule has 0 radical (unpaired) electrons. The van der Waals surface area contributed by atoms with Crippen LogP contribution in [0, 0.1) is 0 Å². The minimum absolute atomic E-state index is 0. The molecule has 0 rings (SSSR count). The molecule has 0 unspecified atom stereocenters. The molecule has 0 aliphatic heterocycles. The molecule has 0 bridgehead atoms. The first kappa shape index (κ1) is 17.4. The van der Waals surface area contributed by atoms with Crippen molar-refractivity contribution >= 4 is 56.3 Å². The zero-order valence-electron chi connectivity index (χ0n) is 4.96. The molecule has 3 N–H and O–H groups in total. The summed E-state index contributed by atoms with van der Waals surface area (Å²) in [5.74, 6) is 0. The van der Waals surface area contributed by atoms with Crippen molar-refractivity contribution in [2.45, 2.75) is 0.271 Å². The Hall–Kier alpha value is 1.30. The monoisotopic (exact) mass is 190 g/mol. The van der Waals surface area contributed by atoms with Crippen LogP contribution in [-0.4, -0.2) is 71.6 Å². The molecule has 0 spiro atoms. The predicted molar refractivity (Wildman–Crippen MR) is 26.7 cm³/mol. The summed E-state index contributed by atoms with van der Waals surface area (Å²) >= 11 is -1.00. The van der Waals surface area contributed by atoms with Gasteiger partial charge in [0.2, 0.25) is 0 Å². The van der Waals surface area contributed by atoms with Gasteiger partial charge in [-0.25, -0.2) is 0 Å². The van der Waals surface area contributed by atoms with Crippen molar-refractivity contribution in [1.82, 2.24) is 0 Å². The number of halogens is 4. The van der Waals surface area contributed by atoms with Gasteiger partial charge in [-0.2, -0.15) is 0 Å². The molecule has 58 valence electrons. The van der Waals surface area contributed by atoms with Crippen molar-refractivity contribution in [2.75, 3.05) is 0 Å². The molecule has 0 saturated heterocycles. The summed E-state index contributed by atoms with van der Waals surface area (Å²) in [4.78, 5) is 0. The minimum atomic E-state index is -3.81. The van der Waals surface area contributed by atoms with Gasteiger partial charge in [-0.15, -0.1) is 0 Å². The van der Waals surface area contributed by atoms with E-state index in [1.807, 2.05) is 0 Å².